The summed E-state index contributed by atoms with van der Waals surface area (Å²) < 4.78 is 47.1. The van der Waals surface area contributed by atoms with Crippen molar-refractivity contribution in [1.29, 1.82) is 0 Å². The van der Waals surface area contributed by atoms with Gasteiger partial charge < -0.3 is 14.5 Å². The molecule has 3 aromatic rings. The topological polar surface area (TPSA) is 70.2 Å². The zero-order valence-corrected chi connectivity index (χ0v) is 21.2. The molecule has 0 aromatic heterocycles. The second-order valence-electron chi connectivity index (χ2n) is 8.60. The van der Waals surface area contributed by atoms with Crippen molar-refractivity contribution in [3.8, 4) is 5.75 Å². The minimum atomic E-state index is -3.99. The maximum atomic E-state index is 13.6. The van der Waals surface area contributed by atoms with Crippen molar-refractivity contribution < 1.29 is 22.3 Å². The lowest BCUT2D eigenvalue weighted by Gasteiger charge is -2.37. The van der Waals surface area contributed by atoms with Gasteiger partial charge in [0.15, 0.2) is 0 Å². The molecule has 0 bridgehead atoms. The highest BCUT2D eigenvalue weighted by Crippen LogP contribution is 2.27. The van der Waals surface area contributed by atoms with E-state index in [1.165, 1.54) is 12.1 Å². The van der Waals surface area contributed by atoms with Crippen molar-refractivity contribution in [3.05, 3.63) is 84.2 Å². The zero-order valence-electron chi connectivity index (χ0n) is 20.4. The average Bonchev–Trinajstić information content (AvgIpc) is 2.89. The van der Waals surface area contributed by atoms with E-state index in [1.54, 1.807) is 65.6 Å². The van der Waals surface area contributed by atoms with Gasteiger partial charge >= 0.3 is 0 Å². The van der Waals surface area contributed by atoms with Crippen LogP contribution < -0.4 is 13.9 Å². The first kappa shape index (κ1) is 25.5. The molecule has 1 aliphatic heterocycles. The van der Waals surface area contributed by atoms with E-state index in [-0.39, 0.29) is 23.2 Å². The summed E-state index contributed by atoms with van der Waals surface area (Å²) in [5, 5.41) is 0. The Kier molecular flexibility index (Phi) is 7.79. The quantitative estimate of drug-likeness (QED) is 0.456. The number of carbonyl (C=O) groups is 1. The molecule has 1 heterocycles. The van der Waals surface area contributed by atoms with E-state index >= 15 is 0 Å². The lowest BCUT2D eigenvalue weighted by molar-refractivity contribution is -0.129. The zero-order chi connectivity index (χ0) is 25.7. The molecule has 0 N–H and O–H groups in total. The summed E-state index contributed by atoms with van der Waals surface area (Å²) in [6.45, 7) is 5.96. The first-order valence-corrected chi connectivity index (χ1v) is 13.3. The first-order valence-electron chi connectivity index (χ1n) is 11.9. The number of anilines is 2. The monoisotopic (exact) mass is 511 g/mol. The van der Waals surface area contributed by atoms with E-state index in [0.717, 1.165) is 15.6 Å². The van der Waals surface area contributed by atoms with E-state index in [9.17, 15) is 17.6 Å². The van der Waals surface area contributed by atoms with Gasteiger partial charge in [-0.25, -0.2) is 12.8 Å². The molecule has 0 spiro atoms. The number of rotatable bonds is 8. The minimum Gasteiger partial charge on any atom is -0.494 e. The smallest absolute Gasteiger partial charge is 0.264 e. The van der Waals surface area contributed by atoms with Gasteiger partial charge in [0.1, 0.15) is 18.1 Å². The van der Waals surface area contributed by atoms with Gasteiger partial charge in [-0.2, -0.15) is 0 Å². The number of nitrogens with zero attached hydrogens (tertiary/aromatic N) is 3. The first-order chi connectivity index (χ1) is 17.3. The van der Waals surface area contributed by atoms with Gasteiger partial charge in [-0.1, -0.05) is 17.7 Å². The Balaban J connectivity index is 1.53. The van der Waals surface area contributed by atoms with Crippen LogP contribution in [0.5, 0.6) is 5.75 Å². The molecule has 0 atom stereocenters. The number of sulfonamides is 1. The van der Waals surface area contributed by atoms with Gasteiger partial charge in [0, 0.05) is 31.9 Å². The summed E-state index contributed by atoms with van der Waals surface area (Å²) >= 11 is 0. The van der Waals surface area contributed by atoms with Crippen LogP contribution in [-0.4, -0.2) is 58.6 Å². The molecule has 4 rings (SSSR count). The maximum absolute atomic E-state index is 13.6. The summed E-state index contributed by atoms with van der Waals surface area (Å²) in [7, 11) is -3.99. The Labute approximate surface area is 211 Å². The average molecular weight is 512 g/mol. The Bertz CT molecular complexity index is 1270. The van der Waals surface area contributed by atoms with Crippen molar-refractivity contribution in [2.24, 2.45) is 0 Å². The van der Waals surface area contributed by atoms with E-state index in [4.69, 9.17) is 4.74 Å². The molecule has 0 unspecified atom stereocenters. The number of aryl methyl sites for hydroxylation is 1. The summed E-state index contributed by atoms with van der Waals surface area (Å²) in [5.74, 6) is 0.0484. The second kappa shape index (κ2) is 11.0. The summed E-state index contributed by atoms with van der Waals surface area (Å²) in [5.41, 5.74) is 2.22. The molecule has 0 saturated carbocycles. The number of hydrogen-bond donors (Lipinski definition) is 0. The third-order valence-corrected chi connectivity index (χ3v) is 7.94. The number of piperazine rings is 1. The van der Waals surface area contributed by atoms with Crippen molar-refractivity contribution in [2.45, 2.75) is 18.7 Å². The van der Waals surface area contributed by atoms with Crippen molar-refractivity contribution in [2.75, 3.05) is 48.5 Å². The maximum Gasteiger partial charge on any atom is 0.264 e. The Morgan fingerprint density at radius 1 is 0.917 bits per heavy atom. The molecule has 0 radical (unpaired) electrons. The number of ether oxygens (including phenoxy) is 1. The molecule has 36 heavy (non-hydrogen) atoms. The highest BCUT2D eigenvalue weighted by molar-refractivity contribution is 7.92. The summed E-state index contributed by atoms with van der Waals surface area (Å²) in [6.07, 6.45) is 0. The number of halogens is 1. The fourth-order valence-corrected chi connectivity index (χ4v) is 5.53. The van der Waals surface area contributed by atoms with E-state index < -0.39 is 10.0 Å². The van der Waals surface area contributed by atoms with Gasteiger partial charge in [0.05, 0.1) is 17.2 Å². The normalized spacial score (nSPS) is 14.0. The number of carbonyl (C=O) groups excluding carboxylic acids is 1. The Morgan fingerprint density at radius 2 is 1.53 bits per heavy atom. The van der Waals surface area contributed by atoms with Crippen LogP contribution in [-0.2, 0) is 14.8 Å². The van der Waals surface area contributed by atoms with Crippen molar-refractivity contribution in [1.82, 2.24) is 4.90 Å². The number of amides is 1. The lowest BCUT2D eigenvalue weighted by Crippen LogP contribution is -2.52. The predicted octanol–water partition coefficient (Wildman–Crippen LogP) is 4.08. The van der Waals surface area contributed by atoms with Crippen LogP contribution in [0.3, 0.4) is 0 Å². The lowest BCUT2D eigenvalue weighted by atomic mass is 10.2. The van der Waals surface area contributed by atoms with Gasteiger partial charge in [0.2, 0.25) is 5.91 Å². The molecule has 0 aliphatic carbocycles. The molecule has 9 heteroatoms. The van der Waals surface area contributed by atoms with E-state index in [2.05, 4.69) is 4.90 Å². The molecule has 3 aromatic carbocycles. The summed E-state index contributed by atoms with van der Waals surface area (Å²) in [6, 6.07) is 19.5. The third-order valence-electron chi connectivity index (χ3n) is 6.15. The van der Waals surface area contributed by atoms with Gasteiger partial charge in [-0.15, -0.1) is 0 Å². The molecule has 1 amide bonds. The number of benzene rings is 3. The van der Waals surface area contributed by atoms with Crippen LogP contribution in [0.4, 0.5) is 15.8 Å². The van der Waals surface area contributed by atoms with Crippen molar-refractivity contribution >= 4 is 27.3 Å². The van der Waals surface area contributed by atoms with Crippen molar-refractivity contribution in [3.63, 3.8) is 0 Å². The molecule has 190 valence electrons. The molecule has 7 nitrogen and oxygen atoms in total. The molecule has 1 aliphatic rings. The Morgan fingerprint density at radius 3 is 2.11 bits per heavy atom. The van der Waals surface area contributed by atoms with Crippen LogP contribution >= 0.6 is 0 Å². The third kappa shape index (κ3) is 5.79. The fourth-order valence-electron chi connectivity index (χ4n) is 4.12. The second-order valence-corrected chi connectivity index (χ2v) is 10.5. The SMILES string of the molecule is CCOc1ccc(N(CC(=O)N2CCN(c3ccc(F)cc3)CC2)S(=O)(=O)c2ccc(C)cc2)cc1. The van der Waals surface area contributed by atoms with E-state index in [0.29, 0.717) is 44.2 Å². The minimum absolute atomic E-state index is 0.121. The van der Waals surface area contributed by atoms with Crippen LogP contribution in [0.25, 0.3) is 0 Å². The van der Waals surface area contributed by atoms with E-state index in [1.807, 2.05) is 13.8 Å². The van der Waals surface area contributed by atoms with Gasteiger partial charge in [-0.05, 0) is 74.5 Å². The molecular weight excluding hydrogens is 481 g/mol. The van der Waals surface area contributed by atoms with Gasteiger partial charge in [0.25, 0.3) is 10.0 Å². The van der Waals surface area contributed by atoms with Crippen LogP contribution in [0.15, 0.2) is 77.7 Å². The number of hydrogen-bond acceptors (Lipinski definition) is 5. The van der Waals surface area contributed by atoms with Crippen LogP contribution in [0.2, 0.25) is 0 Å². The van der Waals surface area contributed by atoms with Crippen LogP contribution in [0.1, 0.15) is 12.5 Å². The van der Waals surface area contributed by atoms with Crippen LogP contribution in [0, 0.1) is 12.7 Å². The highest BCUT2D eigenvalue weighted by Gasteiger charge is 2.30. The fraction of sp³-hybridized carbons (Fsp3) is 0.296. The molecule has 1 saturated heterocycles. The largest absolute Gasteiger partial charge is 0.494 e. The Hall–Kier alpha value is -3.59. The standard InChI is InChI=1S/C27H30FN3O4S/c1-3-35-25-12-10-24(11-13-25)31(36(33,34)26-14-4-21(2)5-15-26)20-27(32)30-18-16-29(17-19-30)23-8-6-22(28)7-9-23/h4-15H,3,16-20H2,1-2H3. The predicted molar refractivity (Wildman–Crippen MR) is 139 cm³/mol. The molecule has 1 fully saturated rings. The highest BCUT2D eigenvalue weighted by atomic mass is 32.2. The molecular formula is C27H30FN3O4S. The summed E-state index contributed by atoms with van der Waals surface area (Å²) in [4.78, 5) is 17.2. The van der Waals surface area contributed by atoms with Gasteiger partial charge in [-0.3, -0.25) is 9.10 Å².